The van der Waals surface area contributed by atoms with Crippen LogP contribution in [0.3, 0.4) is 0 Å². The predicted molar refractivity (Wildman–Crippen MR) is 105 cm³/mol. The van der Waals surface area contributed by atoms with Gasteiger partial charge < -0.3 is 15.3 Å². The summed E-state index contributed by atoms with van der Waals surface area (Å²) in [7, 11) is 0. The molecule has 1 aliphatic heterocycles. The summed E-state index contributed by atoms with van der Waals surface area (Å²) in [5, 5.41) is 12.3. The van der Waals surface area contributed by atoms with Crippen LogP contribution in [0.4, 0.5) is 5.82 Å². The Hall–Kier alpha value is -2.60. The van der Waals surface area contributed by atoms with Crippen LogP contribution in [0.2, 0.25) is 5.02 Å². The molecule has 0 bridgehead atoms. The number of carboxylic acid groups (broad SMARTS) is 1. The maximum Gasteiger partial charge on any atom is 0.335 e. The molecule has 1 aromatic heterocycles. The summed E-state index contributed by atoms with van der Waals surface area (Å²) in [6.07, 6.45) is 5.58. The number of hydrogen-bond acceptors (Lipinski definition) is 4. The van der Waals surface area contributed by atoms with E-state index in [4.69, 9.17) is 16.7 Å². The van der Waals surface area contributed by atoms with E-state index in [1.165, 1.54) is 6.42 Å². The molecule has 7 heteroatoms. The van der Waals surface area contributed by atoms with Crippen LogP contribution in [0.15, 0.2) is 36.5 Å². The van der Waals surface area contributed by atoms with E-state index in [0.29, 0.717) is 29.4 Å². The minimum atomic E-state index is -0.950. The van der Waals surface area contributed by atoms with Crippen LogP contribution in [0.25, 0.3) is 0 Å². The highest BCUT2D eigenvalue weighted by Gasteiger charge is 2.20. The lowest BCUT2D eigenvalue weighted by Crippen LogP contribution is -2.34. The van der Waals surface area contributed by atoms with Crippen LogP contribution in [0.5, 0.6) is 0 Å². The van der Waals surface area contributed by atoms with Gasteiger partial charge in [-0.15, -0.1) is 0 Å². The molecule has 1 aromatic carbocycles. The first-order valence-corrected chi connectivity index (χ1v) is 9.43. The molecule has 1 saturated heterocycles. The summed E-state index contributed by atoms with van der Waals surface area (Å²) in [5.41, 5.74) is 1.70. The summed E-state index contributed by atoms with van der Waals surface area (Å²) in [6.45, 7) is 2.23. The molecule has 0 aliphatic carbocycles. The largest absolute Gasteiger partial charge is 0.478 e. The second-order valence-electron chi connectivity index (χ2n) is 6.58. The molecular formula is C20H22ClN3O3. The number of aromatic nitrogens is 1. The Morgan fingerprint density at radius 2 is 1.85 bits per heavy atom. The van der Waals surface area contributed by atoms with E-state index < -0.39 is 5.97 Å². The minimum absolute atomic E-state index is 0.201. The topological polar surface area (TPSA) is 82.5 Å². The van der Waals surface area contributed by atoms with Crippen molar-refractivity contribution in [3.63, 3.8) is 0 Å². The monoisotopic (exact) mass is 387 g/mol. The zero-order chi connectivity index (χ0) is 19.2. The molecule has 142 valence electrons. The Morgan fingerprint density at radius 3 is 2.52 bits per heavy atom. The number of halogens is 1. The lowest BCUT2D eigenvalue weighted by atomic mass is 10.1. The van der Waals surface area contributed by atoms with Gasteiger partial charge in [0.25, 0.3) is 5.91 Å². The smallest absolute Gasteiger partial charge is 0.335 e. The number of anilines is 1. The van der Waals surface area contributed by atoms with Gasteiger partial charge in [-0.25, -0.2) is 9.78 Å². The fourth-order valence-electron chi connectivity index (χ4n) is 3.19. The molecule has 0 atom stereocenters. The van der Waals surface area contributed by atoms with Crippen molar-refractivity contribution in [2.24, 2.45) is 0 Å². The van der Waals surface area contributed by atoms with Crippen LogP contribution < -0.4 is 10.2 Å². The predicted octanol–water partition coefficient (Wildman–Crippen LogP) is 3.40. The molecular weight excluding hydrogens is 366 g/mol. The van der Waals surface area contributed by atoms with Gasteiger partial charge in [-0.2, -0.15) is 0 Å². The number of hydrogen-bond donors (Lipinski definition) is 2. The van der Waals surface area contributed by atoms with Crippen molar-refractivity contribution < 1.29 is 14.7 Å². The first-order valence-electron chi connectivity index (χ1n) is 9.05. The molecule has 3 rings (SSSR count). The van der Waals surface area contributed by atoms with Crippen molar-refractivity contribution in [1.82, 2.24) is 10.3 Å². The molecule has 6 nitrogen and oxygen atoms in total. The number of carboxylic acids is 1. The van der Waals surface area contributed by atoms with Gasteiger partial charge >= 0.3 is 5.97 Å². The molecule has 1 amide bonds. The molecule has 0 spiro atoms. The van der Waals surface area contributed by atoms with E-state index in [9.17, 15) is 9.59 Å². The van der Waals surface area contributed by atoms with E-state index in [0.717, 1.165) is 31.5 Å². The highest BCUT2D eigenvalue weighted by molar-refractivity contribution is 6.31. The zero-order valence-electron chi connectivity index (χ0n) is 14.9. The van der Waals surface area contributed by atoms with Crippen molar-refractivity contribution in [3.05, 3.63) is 58.2 Å². The molecule has 0 saturated carbocycles. The number of amides is 1. The first kappa shape index (κ1) is 19.2. The molecule has 1 aliphatic rings. The van der Waals surface area contributed by atoms with Gasteiger partial charge in [-0.05, 0) is 49.4 Å². The van der Waals surface area contributed by atoms with Crippen LogP contribution >= 0.6 is 11.6 Å². The Balaban J connectivity index is 1.63. The molecule has 27 heavy (non-hydrogen) atoms. The summed E-state index contributed by atoms with van der Waals surface area (Å²) in [5.74, 6) is -0.469. The number of nitrogens with zero attached hydrogens (tertiary/aromatic N) is 2. The van der Waals surface area contributed by atoms with E-state index in [-0.39, 0.29) is 11.5 Å². The lowest BCUT2D eigenvalue weighted by Gasteiger charge is -2.29. The number of nitrogens with one attached hydrogen (secondary N) is 1. The fraction of sp³-hybridized carbons (Fsp3) is 0.350. The van der Waals surface area contributed by atoms with Gasteiger partial charge in [0.2, 0.25) is 0 Å². The summed E-state index contributed by atoms with van der Waals surface area (Å²) >= 11 is 6.06. The van der Waals surface area contributed by atoms with Crippen molar-refractivity contribution in [2.75, 3.05) is 24.5 Å². The van der Waals surface area contributed by atoms with E-state index >= 15 is 0 Å². The Morgan fingerprint density at radius 1 is 1.15 bits per heavy atom. The lowest BCUT2D eigenvalue weighted by molar-refractivity contribution is 0.0696. The maximum absolute atomic E-state index is 12.7. The van der Waals surface area contributed by atoms with Gasteiger partial charge in [0.1, 0.15) is 5.82 Å². The van der Waals surface area contributed by atoms with Crippen molar-refractivity contribution in [3.8, 4) is 0 Å². The summed E-state index contributed by atoms with van der Waals surface area (Å²) in [4.78, 5) is 30.1. The van der Waals surface area contributed by atoms with Gasteiger partial charge in [-0.3, -0.25) is 4.79 Å². The fourth-order valence-corrected chi connectivity index (χ4v) is 3.34. The third-order valence-electron chi connectivity index (χ3n) is 4.63. The Kier molecular flexibility index (Phi) is 6.29. The average molecular weight is 388 g/mol. The van der Waals surface area contributed by atoms with Crippen LogP contribution in [0, 0.1) is 0 Å². The van der Waals surface area contributed by atoms with E-state index in [1.807, 2.05) is 0 Å². The molecule has 2 heterocycles. The molecule has 0 unspecified atom stereocenters. The number of aromatic carboxylic acids is 1. The number of benzene rings is 1. The molecule has 2 aromatic rings. The Labute approximate surface area is 163 Å². The van der Waals surface area contributed by atoms with E-state index in [2.05, 4.69) is 15.2 Å². The average Bonchev–Trinajstić information content (AvgIpc) is 2.69. The van der Waals surface area contributed by atoms with Gasteiger partial charge in [0.15, 0.2) is 0 Å². The highest BCUT2D eigenvalue weighted by Crippen LogP contribution is 2.24. The Bertz CT molecular complexity index is 818. The van der Waals surface area contributed by atoms with Crippen molar-refractivity contribution >= 4 is 29.3 Å². The van der Waals surface area contributed by atoms with Crippen molar-refractivity contribution in [1.29, 1.82) is 0 Å². The minimum Gasteiger partial charge on any atom is -0.478 e. The zero-order valence-corrected chi connectivity index (χ0v) is 15.7. The molecule has 1 fully saturated rings. The third kappa shape index (κ3) is 4.98. The van der Waals surface area contributed by atoms with Crippen LogP contribution in [-0.2, 0) is 6.42 Å². The third-order valence-corrected chi connectivity index (χ3v) is 4.84. The molecule has 0 radical (unpaired) electrons. The number of piperidine rings is 1. The highest BCUT2D eigenvalue weighted by atomic mass is 35.5. The quantitative estimate of drug-likeness (QED) is 0.793. The van der Waals surface area contributed by atoms with Gasteiger partial charge in [0, 0.05) is 25.8 Å². The first-order chi connectivity index (χ1) is 13.0. The molecule has 2 N–H and O–H groups in total. The summed E-state index contributed by atoms with van der Waals surface area (Å²) < 4.78 is 0. The maximum atomic E-state index is 12.7. The van der Waals surface area contributed by atoms with Crippen LogP contribution in [0.1, 0.15) is 45.5 Å². The van der Waals surface area contributed by atoms with E-state index in [1.54, 1.807) is 36.5 Å². The second kappa shape index (κ2) is 8.86. The SMILES string of the molecule is O=C(O)c1ccc(CCNC(=O)c2cc(Cl)cnc2N2CCCCC2)cc1. The number of carbonyl (C=O) groups is 2. The standard InChI is InChI=1S/C20H22ClN3O3/c21-16-12-17(18(23-13-16)24-10-2-1-3-11-24)19(25)22-9-8-14-4-6-15(7-5-14)20(26)27/h4-7,12-13H,1-3,8-11H2,(H,22,25)(H,26,27). The number of carbonyl (C=O) groups excluding carboxylic acids is 1. The normalized spacial score (nSPS) is 14.0. The summed E-state index contributed by atoms with van der Waals surface area (Å²) in [6, 6.07) is 8.31. The van der Waals surface area contributed by atoms with Gasteiger partial charge in [-0.1, -0.05) is 23.7 Å². The van der Waals surface area contributed by atoms with Crippen molar-refractivity contribution in [2.45, 2.75) is 25.7 Å². The number of pyridine rings is 1. The second-order valence-corrected chi connectivity index (χ2v) is 7.02. The van der Waals surface area contributed by atoms with Gasteiger partial charge in [0.05, 0.1) is 16.1 Å². The number of rotatable bonds is 6. The van der Waals surface area contributed by atoms with Crippen LogP contribution in [-0.4, -0.2) is 41.6 Å².